The second kappa shape index (κ2) is 8.07. The summed E-state index contributed by atoms with van der Waals surface area (Å²) in [5, 5.41) is 5.04. The van der Waals surface area contributed by atoms with E-state index >= 15 is 0 Å². The van der Waals surface area contributed by atoms with Crippen molar-refractivity contribution >= 4 is 27.5 Å². The Morgan fingerprint density at radius 3 is 2.77 bits per heavy atom. The quantitative estimate of drug-likeness (QED) is 0.481. The molecular weight excluding hydrogens is 419 g/mol. The molecule has 0 aliphatic carbocycles. The van der Waals surface area contributed by atoms with Crippen LogP contribution in [0.5, 0.6) is 0 Å². The van der Waals surface area contributed by atoms with Gasteiger partial charge in [0.1, 0.15) is 17.4 Å². The Morgan fingerprint density at radius 1 is 1.16 bits per heavy atom. The Balaban J connectivity index is 1.38. The van der Waals surface area contributed by atoms with Crippen LogP contribution in [0.15, 0.2) is 57.7 Å². The number of likely N-dealkylation sites (tertiary alicyclic amines) is 1. The van der Waals surface area contributed by atoms with Gasteiger partial charge < -0.3 is 9.32 Å². The highest BCUT2D eigenvalue weighted by Gasteiger charge is 2.31. The van der Waals surface area contributed by atoms with Gasteiger partial charge in [0, 0.05) is 12.1 Å². The lowest BCUT2D eigenvalue weighted by atomic mass is 10.0. The van der Waals surface area contributed by atoms with Crippen molar-refractivity contribution in [2.24, 2.45) is 0 Å². The maximum absolute atomic E-state index is 13.1. The smallest absolute Gasteiger partial charge is 0.388 e. The number of halogens is 1. The van der Waals surface area contributed by atoms with Gasteiger partial charge in [-0.3, -0.25) is 4.79 Å². The number of para-hydroxylation sites is 1. The molecular formula is C22H19FN4O3S. The molecule has 1 saturated heterocycles. The molecule has 1 atom stereocenters. The largest absolute Gasteiger partial charge is 0.437 e. The first kappa shape index (κ1) is 19.6. The van der Waals surface area contributed by atoms with Crippen molar-refractivity contribution in [3.8, 4) is 11.5 Å². The molecule has 31 heavy (non-hydrogen) atoms. The number of carbonyl (C=O) groups is 1. The zero-order chi connectivity index (χ0) is 21.4. The third-order valence-electron chi connectivity index (χ3n) is 5.40. The number of thiazole rings is 1. The van der Waals surface area contributed by atoms with E-state index in [1.165, 1.54) is 24.3 Å². The maximum Gasteiger partial charge on any atom is 0.437 e. The van der Waals surface area contributed by atoms with Gasteiger partial charge in [-0.1, -0.05) is 12.1 Å². The van der Waals surface area contributed by atoms with Crippen LogP contribution in [0.3, 0.4) is 0 Å². The lowest BCUT2D eigenvalue weighted by Crippen LogP contribution is -2.41. The molecule has 2 aromatic carbocycles. The monoisotopic (exact) mass is 438 g/mol. The van der Waals surface area contributed by atoms with Crippen LogP contribution in [-0.2, 0) is 11.3 Å². The molecule has 0 radical (unpaired) electrons. The Morgan fingerprint density at radius 2 is 1.97 bits per heavy atom. The maximum atomic E-state index is 13.1. The van der Waals surface area contributed by atoms with Crippen LogP contribution in [0.4, 0.5) is 4.39 Å². The van der Waals surface area contributed by atoms with Crippen molar-refractivity contribution in [1.29, 1.82) is 0 Å². The Labute approximate surface area is 180 Å². The first-order chi connectivity index (χ1) is 15.1. The normalized spacial score (nSPS) is 16.7. The molecule has 9 heteroatoms. The average molecular weight is 438 g/mol. The molecule has 0 bridgehead atoms. The molecule has 0 spiro atoms. The molecule has 0 saturated carbocycles. The number of benzene rings is 2. The minimum absolute atomic E-state index is 0.0548. The van der Waals surface area contributed by atoms with Crippen molar-refractivity contribution in [1.82, 2.24) is 19.7 Å². The van der Waals surface area contributed by atoms with Crippen LogP contribution in [-0.4, -0.2) is 32.1 Å². The van der Waals surface area contributed by atoms with Crippen LogP contribution < -0.4 is 5.76 Å². The van der Waals surface area contributed by atoms with Crippen molar-refractivity contribution in [3.63, 3.8) is 0 Å². The van der Waals surface area contributed by atoms with Gasteiger partial charge in [0.2, 0.25) is 11.8 Å². The first-order valence-electron chi connectivity index (χ1n) is 10.1. The van der Waals surface area contributed by atoms with E-state index in [1.54, 1.807) is 16.2 Å². The Kier molecular flexibility index (Phi) is 5.11. The summed E-state index contributed by atoms with van der Waals surface area (Å²) in [5.41, 5.74) is 1.40. The van der Waals surface area contributed by atoms with E-state index in [0.29, 0.717) is 12.1 Å². The summed E-state index contributed by atoms with van der Waals surface area (Å²) in [6, 6.07) is 13.3. The molecule has 7 nitrogen and oxygen atoms in total. The summed E-state index contributed by atoms with van der Waals surface area (Å²) in [4.78, 5) is 31.9. The fourth-order valence-corrected chi connectivity index (χ4v) is 4.97. The van der Waals surface area contributed by atoms with Gasteiger partial charge in [-0.2, -0.15) is 4.68 Å². The number of rotatable bonds is 4. The van der Waals surface area contributed by atoms with Crippen LogP contribution in [0.1, 0.15) is 30.3 Å². The highest BCUT2D eigenvalue weighted by molar-refractivity contribution is 7.18. The number of fused-ring (bicyclic) bond motifs is 1. The zero-order valence-corrected chi connectivity index (χ0v) is 17.3. The lowest BCUT2D eigenvalue weighted by Gasteiger charge is -2.34. The van der Waals surface area contributed by atoms with Gasteiger partial charge in [0.15, 0.2) is 0 Å². The number of piperidine rings is 1. The summed E-state index contributed by atoms with van der Waals surface area (Å²) in [7, 11) is 0. The number of hydrogen-bond acceptors (Lipinski definition) is 6. The van der Waals surface area contributed by atoms with E-state index in [2.05, 4.69) is 5.10 Å². The Bertz CT molecular complexity index is 1260. The van der Waals surface area contributed by atoms with Crippen LogP contribution >= 0.6 is 11.3 Å². The Hall–Kier alpha value is -3.33. The summed E-state index contributed by atoms with van der Waals surface area (Å²) >= 11 is 1.60. The van der Waals surface area contributed by atoms with E-state index in [1.807, 2.05) is 24.3 Å². The van der Waals surface area contributed by atoms with Crippen molar-refractivity contribution in [3.05, 3.63) is 69.9 Å². The first-order valence-corrected chi connectivity index (χ1v) is 10.9. The zero-order valence-electron chi connectivity index (χ0n) is 16.5. The summed E-state index contributed by atoms with van der Waals surface area (Å²) in [6.45, 7) is 0.391. The topological polar surface area (TPSA) is 81.2 Å². The molecule has 1 fully saturated rings. The van der Waals surface area contributed by atoms with Gasteiger partial charge in [-0.15, -0.1) is 16.4 Å². The van der Waals surface area contributed by atoms with Gasteiger partial charge in [-0.05, 0) is 55.7 Å². The lowest BCUT2D eigenvalue weighted by molar-refractivity contribution is -0.136. The SMILES string of the molecule is O=C(Cn1nc(-c2ccc(F)cc2)oc1=O)N1CCCC[C@@H]1c1nc2ccccc2s1. The minimum Gasteiger partial charge on any atom is -0.388 e. The third-order valence-corrected chi connectivity index (χ3v) is 6.54. The predicted octanol–water partition coefficient (Wildman–Crippen LogP) is 4.01. The third kappa shape index (κ3) is 3.88. The average Bonchev–Trinajstić information content (AvgIpc) is 3.38. The molecule has 0 unspecified atom stereocenters. The van der Waals surface area contributed by atoms with E-state index in [0.717, 1.165) is 39.2 Å². The summed E-state index contributed by atoms with van der Waals surface area (Å²) < 4.78 is 20.4. The standard InChI is InChI=1S/C22H19FN4O3S/c23-15-10-8-14(9-11-15)20-25-27(22(29)30-20)13-19(28)26-12-4-3-6-17(26)21-24-16-5-1-2-7-18(16)31-21/h1-2,5,7-11,17H,3-4,6,12-13H2/t17-/m1/s1. The summed E-state index contributed by atoms with van der Waals surface area (Å²) in [6.07, 6.45) is 2.75. The van der Waals surface area contributed by atoms with Gasteiger partial charge >= 0.3 is 5.76 Å². The molecule has 1 aliphatic rings. The molecule has 0 N–H and O–H groups in total. The van der Waals surface area contributed by atoms with E-state index in [4.69, 9.17) is 9.40 Å². The van der Waals surface area contributed by atoms with E-state index in [9.17, 15) is 14.0 Å². The molecule has 4 aromatic rings. The van der Waals surface area contributed by atoms with Gasteiger partial charge in [-0.25, -0.2) is 14.2 Å². The fourth-order valence-electron chi connectivity index (χ4n) is 3.85. The molecule has 5 rings (SSSR count). The van der Waals surface area contributed by atoms with Gasteiger partial charge in [0.05, 0.1) is 16.3 Å². The van der Waals surface area contributed by atoms with E-state index in [-0.39, 0.29) is 24.4 Å². The second-order valence-corrected chi connectivity index (χ2v) is 8.52. The van der Waals surface area contributed by atoms with Crippen LogP contribution in [0, 0.1) is 5.82 Å². The van der Waals surface area contributed by atoms with Gasteiger partial charge in [0.25, 0.3) is 0 Å². The number of nitrogens with zero attached hydrogens (tertiary/aromatic N) is 4. The summed E-state index contributed by atoms with van der Waals surface area (Å²) in [5.74, 6) is -1.27. The number of hydrogen-bond donors (Lipinski definition) is 0. The van der Waals surface area contributed by atoms with Crippen molar-refractivity contribution in [2.75, 3.05) is 6.54 Å². The van der Waals surface area contributed by atoms with Crippen LogP contribution in [0.2, 0.25) is 0 Å². The molecule has 158 valence electrons. The molecule has 2 aromatic heterocycles. The van der Waals surface area contributed by atoms with Crippen molar-refractivity contribution < 1.29 is 13.6 Å². The van der Waals surface area contributed by atoms with Crippen LogP contribution in [0.25, 0.3) is 21.7 Å². The predicted molar refractivity (Wildman–Crippen MR) is 114 cm³/mol. The number of amides is 1. The van der Waals surface area contributed by atoms with Crippen molar-refractivity contribution in [2.45, 2.75) is 31.8 Å². The fraction of sp³-hybridized carbons (Fsp3) is 0.273. The number of aromatic nitrogens is 3. The second-order valence-electron chi connectivity index (χ2n) is 7.46. The van der Waals surface area contributed by atoms with E-state index < -0.39 is 11.6 Å². The molecule has 1 amide bonds. The minimum atomic E-state index is -0.721. The molecule has 3 heterocycles. The molecule has 1 aliphatic heterocycles. The highest BCUT2D eigenvalue weighted by atomic mass is 32.1. The number of carbonyl (C=O) groups excluding carboxylic acids is 1. The highest BCUT2D eigenvalue weighted by Crippen LogP contribution is 2.35.